The summed E-state index contributed by atoms with van der Waals surface area (Å²) >= 11 is -4.44. The summed E-state index contributed by atoms with van der Waals surface area (Å²) in [5.41, 5.74) is 5.06. The summed E-state index contributed by atoms with van der Waals surface area (Å²) in [6.07, 6.45) is 2.05. The van der Waals surface area contributed by atoms with Crippen molar-refractivity contribution in [2.24, 2.45) is 10.8 Å². The summed E-state index contributed by atoms with van der Waals surface area (Å²) in [5.74, 6) is 0. The van der Waals surface area contributed by atoms with E-state index in [1.807, 2.05) is 59.7 Å². The molecular formula is C31H43F2N2S+. The second-order valence-corrected chi connectivity index (χ2v) is 15.9. The van der Waals surface area contributed by atoms with Crippen molar-refractivity contribution in [1.29, 1.82) is 0 Å². The molecule has 0 spiro atoms. The Hall–Kier alpha value is -2.14. The second-order valence-electron chi connectivity index (χ2n) is 14.3. The maximum Gasteiger partial charge on any atom is 0.388 e. The van der Waals surface area contributed by atoms with E-state index in [0.717, 1.165) is 22.3 Å². The van der Waals surface area contributed by atoms with Gasteiger partial charge in [-0.3, -0.25) is 0 Å². The predicted octanol–water partition coefficient (Wildman–Crippen LogP) is 9.59. The van der Waals surface area contributed by atoms with Crippen molar-refractivity contribution in [3.8, 4) is 0 Å². The lowest BCUT2D eigenvalue weighted by Gasteiger charge is -2.35. The van der Waals surface area contributed by atoms with Crippen molar-refractivity contribution < 1.29 is 11.8 Å². The highest BCUT2D eigenvalue weighted by Crippen LogP contribution is 2.67. The third-order valence-electron chi connectivity index (χ3n) is 7.04. The monoisotopic (exact) mass is 513 g/mol. The van der Waals surface area contributed by atoms with Crippen LogP contribution in [-0.4, -0.2) is 13.7 Å². The number of nitrogens with zero attached hydrogens (tertiary/aromatic N) is 2. The summed E-state index contributed by atoms with van der Waals surface area (Å²) in [6.45, 7) is 25.0. The summed E-state index contributed by atoms with van der Waals surface area (Å²) in [4.78, 5) is 0. The van der Waals surface area contributed by atoms with Crippen LogP contribution < -0.4 is 0 Å². The van der Waals surface area contributed by atoms with Crippen LogP contribution in [0.2, 0.25) is 0 Å². The van der Waals surface area contributed by atoms with Gasteiger partial charge in [0.05, 0.1) is 11.3 Å². The van der Waals surface area contributed by atoms with Gasteiger partial charge in [0.15, 0.2) is 0 Å². The molecule has 2 aliphatic heterocycles. The van der Waals surface area contributed by atoms with Gasteiger partial charge in [0.1, 0.15) is 0 Å². The number of fused-ring (bicyclic) bond motifs is 2. The Morgan fingerprint density at radius 2 is 1.28 bits per heavy atom. The average molecular weight is 514 g/mol. The van der Waals surface area contributed by atoms with Crippen LogP contribution in [0.1, 0.15) is 106 Å². The number of halogens is 2. The van der Waals surface area contributed by atoms with E-state index in [-0.39, 0.29) is 10.8 Å². The fraction of sp³-hybridized carbons (Fsp3) is 0.516. The van der Waals surface area contributed by atoms with Gasteiger partial charge in [-0.05, 0) is 28.0 Å². The number of aromatic nitrogens is 1. The number of allylic oxidation sites excluding steroid dienone is 2. The van der Waals surface area contributed by atoms with Gasteiger partial charge >= 0.3 is 11.2 Å². The Balaban J connectivity index is 2.34. The zero-order valence-corrected chi connectivity index (χ0v) is 24.9. The van der Waals surface area contributed by atoms with Crippen molar-refractivity contribution in [2.45, 2.75) is 93.9 Å². The summed E-state index contributed by atoms with van der Waals surface area (Å²) in [7, 11) is 0. The topological polar surface area (TPSA) is 7.94 Å². The van der Waals surface area contributed by atoms with Crippen LogP contribution >= 0.6 is 11.2 Å². The molecule has 1 aromatic heterocycles. The molecule has 36 heavy (non-hydrogen) atoms. The van der Waals surface area contributed by atoms with Crippen molar-refractivity contribution in [3.05, 3.63) is 76.3 Å². The van der Waals surface area contributed by atoms with Crippen LogP contribution in [0, 0.1) is 10.8 Å². The van der Waals surface area contributed by atoms with Crippen LogP contribution in [0.5, 0.6) is 0 Å². The van der Waals surface area contributed by atoms with Crippen LogP contribution in [0.15, 0.2) is 53.7 Å². The molecule has 2 aromatic rings. The van der Waals surface area contributed by atoms with Gasteiger partial charge in [-0.25, -0.2) is 3.97 Å². The van der Waals surface area contributed by atoms with Crippen molar-refractivity contribution in [1.82, 2.24) is 3.97 Å². The van der Waals surface area contributed by atoms with E-state index in [0.29, 0.717) is 22.8 Å². The maximum absolute atomic E-state index is 17.3. The molecular weight excluding hydrogens is 470 g/mol. The van der Waals surface area contributed by atoms with Crippen molar-refractivity contribution in [3.63, 3.8) is 0 Å². The molecule has 0 fully saturated rings. The zero-order chi connectivity index (χ0) is 27.2. The lowest BCUT2D eigenvalue weighted by molar-refractivity contribution is -0.310. The molecule has 0 N–H and O–H groups in total. The first-order chi connectivity index (χ1) is 16.2. The SMILES string of the molecule is CC(C)(C)C1=CC(C(C)(C)C)=[N+]2C1=C(c1ccccc1)c1c(C(C)(C)C)cc(C(C)(C)C)n1S2(F)F. The molecule has 3 heterocycles. The summed E-state index contributed by atoms with van der Waals surface area (Å²) in [6, 6.07) is 12.2. The van der Waals surface area contributed by atoms with Gasteiger partial charge in [-0.15, -0.1) is 0 Å². The summed E-state index contributed by atoms with van der Waals surface area (Å²) < 4.78 is 37.4. The van der Waals surface area contributed by atoms with Crippen LogP contribution in [0.4, 0.5) is 7.77 Å². The standard InChI is InChI=1S/C31H43F2N2S/c1-28(2,3)21-18-23(30(7,8)9)34-26(21)25(20-16-14-13-15-17-20)27-22(29(4,5)6)19-24(31(10,11)12)35(27)36(34,32)33/h13-19H,1-12H3/q+1. The Morgan fingerprint density at radius 1 is 0.722 bits per heavy atom. The van der Waals surface area contributed by atoms with Crippen molar-refractivity contribution >= 4 is 22.5 Å². The molecule has 0 amide bonds. The van der Waals surface area contributed by atoms with E-state index in [1.54, 1.807) is 0 Å². The van der Waals surface area contributed by atoms with Gasteiger partial charge in [0.2, 0.25) is 11.4 Å². The molecule has 5 heteroatoms. The Kier molecular flexibility index (Phi) is 5.93. The number of benzene rings is 1. The largest absolute Gasteiger partial charge is 0.388 e. The third kappa shape index (κ3) is 4.12. The van der Waals surface area contributed by atoms with Crippen LogP contribution in [0.25, 0.3) is 5.57 Å². The molecule has 0 unspecified atom stereocenters. The van der Waals surface area contributed by atoms with E-state index in [9.17, 15) is 0 Å². The third-order valence-corrected chi connectivity index (χ3v) is 8.68. The molecule has 0 saturated carbocycles. The van der Waals surface area contributed by atoms with E-state index in [2.05, 4.69) is 65.8 Å². The number of hydrogen-bond acceptors (Lipinski definition) is 0. The molecule has 0 atom stereocenters. The first kappa shape index (κ1) is 26.9. The minimum Gasteiger partial charge on any atom is -0.204 e. The van der Waals surface area contributed by atoms with Gasteiger partial charge in [0.25, 0.3) is 0 Å². The Morgan fingerprint density at radius 3 is 1.72 bits per heavy atom. The molecule has 196 valence electrons. The molecule has 0 bridgehead atoms. The lowest BCUT2D eigenvalue weighted by atomic mass is 9.79. The fourth-order valence-corrected chi connectivity index (χ4v) is 7.28. The predicted molar refractivity (Wildman–Crippen MR) is 152 cm³/mol. The summed E-state index contributed by atoms with van der Waals surface area (Å²) in [5, 5.41) is 0. The van der Waals surface area contributed by atoms with E-state index in [1.165, 1.54) is 7.95 Å². The molecule has 2 aliphatic rings. The van der Waals surface area contributed by atoms with Crippen LogP contribution in [-0.2, 0) is 10.8 Å². The normalized spacial score (nSPS) is 19.3. The lowest BCUT2D eigenvalue weighted by Crippen LogP contribution is -2.34. The number of rotatable bonds is 1. The van der Waals surface area contributed by atoms with Crippen LogP contribution in [0.3, 0.4) is 0 Å². The highest BCUT2D eigenvalue weighted by atomic mass is 32.3. The van der Waals surface area contributed by atoms with E-state index >= 15 is 7.77 Å². The molecule has 1 aromatic carbocycles. The molecule has 0 aliphatic carbocycles. The van der Waals surface area contributed by atoms with E-state index < -0.39 is 22.0 Å². The quantitative estimate of drug-likeness (QED) is 0.335. The highest BCUT2D eigenvalue weighted by molar-refractivity contribution is 8.18. The highest BCUT2D eigenvalue weighted by Gasteiger charge is 2.59. The molecule has 2 nitrogen and oxygen atoms in total. The molecule has 0 radical (unpaired) electrons. The Labute approximate surface area is 219 Å². The smallest absolute Gasteiger partial charge is 0.204 e. The van der Waals surface area contributed by atoms with E-state index in [4.69, 9.17) is 0 Å². The first-order valence-electron chi connectivity index (χ1n) is 12.9. The van der Waals surface area contributed by atoms with Gasteiger partial charge < -0.3 is 0 Å². The Bertz CT molecular complexity index is 1310. The average Bonchev–Trinajstić information content (AvgIpc) is 3.29. The fourth-order valence-electron chi connectivity index (χ4n) is 5.17. The maximum atomic E-state index is 17.3. The second kappa shape index (κ2) is 7.93. The molecule has 4 rings (SSSR count). The van der Waals surface area contributed by atoms with Gasteiger partial charge in [-0.2, -0.15) is 0 Å². The first-order valence-corrected chi connectivity index (χ1v) is 14.2. The van der Waals surface area contributed by atoms with Gasteiger partial charge in [-0.1, -0.05) is 125 Å². The van der Waals surface area contributed by atoms with Crippen molar-refractivity contribution in [2.75, 3.05) is 0 Å². The zero-order valence-electron chi connectivity index (χ0n) is 24.1. The minimum absolute atomic E-state index is 0.306. The minimum atomic E-state index is -4.44. The number of hydrogen-bond donors (Lipinski definition) is 0. The van der Waals surface area contributed by atoms with Gasteiger partial charge in [0, 0.05) is 28.2 Å². The molecule has 0 saturated heterocycles.